The normalized spacial score (nSPS) is 23.8. The van der Waals surface area contributed by atoms with Crippen LogP contribution in [0.25, 0.3) is 0 Å². The van der Waals surface area contributed by atoms with Gasteiger partial charge in [-0.25, -0.2) is 10.0 Å². The summed E-state index contributed by atoms with van der Waals surface area (Å²) in [5.41, 5.74) is 0. The van der Waals surface area contributed by atoms with Crippen molar-refractivity contribution in [3.8, 4) is 0 Å². The Kier molecular flexibility index (Phi) is 2.61. The van der Waals surface area contributed by atoms with Gasteiger partial charge in [-0.1, -0.05) is 30.3 Å². The Hall–Kier alpha value is -0.470. The Balaban J connectivity index is 2.23. The number of ether oxygens (including phenoxy) is 1. The van der Waals surface area contributed by atoms with Crippen LogP contribution in [-0.2, 0) is 4.74 Å². The van der Waals surface area contributed by atoms with Crippen LogP contribution in [-0.4, -0.2) is 31.0 Å². The van der Waals surface area contributed by atoms with E-state index in [0.29, 0.717) is 0 Å². The van der Waals surface area contributed by atoms with Gasteiger partial charge in [0.25, 0.3) is 0 Å². The van der Waals surface area contributed by atoms with Crippen molar-refractivity contribution in [2.24, 2.45) is 0 Å². The second kappa shape index (κ2) is 3.72. The van der Waals surface area contributed by atoms with Crippen molar-refractivity contribution in [2.45, 2.75) is 4.90 Å². The van der Waals surface area contributed by atoms with Crippen molar-refractivity contribution in [2.75, 3.05) is 31.0 Å². The lowest BCUT2D eigenvalue weighted by Crippen LogP contribution is -2.22. The molecule has 13 heavy (non-hydrogen) atoms. The summed E-state index contributed by atoms with van der Waals surface area (Å²) in [6, 6.07) is 10.9. The molecule has 2 rings (SSSR count). The minimum Gasteiger partial charge on any atom is -0.380 e. The van der Waals surface area contributed by atoms with E-state index in [9.17, 15) is 0 Å². The second-order valence-corrected chi connectivity index (χ2v) is 7.44. The Morgan fingerprint density at radius 1 is 1.08 bits per heavy atom. The van der Waals surface area contributed by atoms with Crippen LogP contribution in [0.1, 0.15) is 0 Å². The van der Waals surface area contributed by atoms with E-state index < -0.39 is 10.0 Å². The van der Waals surface area contributed by atoms with Gasteiger partial charge >= 0.3 is 0 Å². The van der Waals surface area contributed by atoms with Crippen molar-refractivity contribution in [1.82, 2.24) is 0 Å². The van der Waals surface area contributed by atoms with Crippen molar-refractivity contribution in [3.05, 3.63) is 30.3 Å². The molecule has 1 heterocycles. The molecule has 0 aromatic heterocycles. The molecule has 1 aliphatic rings. The fraction of sp³-hybridized carbons (Fsp3) is 0.455. The van der Waals surface area contributed by atoms with E-state index in [2.05, 4.69) is 36.6 Å². The zero-order valence-electron chi connectivity index (χ0n) is 8.03. The van der Waals surface area contributed by atoms with Crippen molar-refractivity contribution in [3.63, 3.8) is 0 Å². The van der Waals surface area contributed by atoms with E-state index in [1.807, 2.05) is 0 Å². The summed E-state index contributed by atoms with van der Waals surface area (Å²) in [4.78, 5) is 1.54. The van der Waals surface area contributed by atoms with Crippen LogP contribution >= 0.6 is 10.0 Å². The van der Waals surface area contributed by atoms with Gasteiger partial charge in [0.05, 0.1) is 13.2 Å². The van der Waals surface area contributed by atoms with E-state index in [0.717, 1.165) is 13.2 Å². The number of rotatable bonds is 1. The SMILES string of the molecule is CS1(c2ccccc2)CCOCC1. The van der Waals surface area contributed by atoms with E-state index in [-0.39, 0.29) is 0 Å². The molecule has 0 spiro atoms. The molecule has 1 aromatic rings. The first-order chi connectivity index (χ1) is 6.31. The van der Waals surface area contributed by atoms with Gasteiger partial charge in [-0.3, -0.25) is 0 Å². The van der Waals surface area contributed by atoms with Crippen LogP contribution < -0.4 is 0 Å². The van der Waals surface area contributed by atoms with Gasteiger partial charge in [0.2, 0.25) is 0 Å². The minimum atomic E-state index is -0.544. The van der Waals surface area contributed by atoms with Crippen LogP contribution in [0.2, 0.25) is 0 Å². The maximum absolute atomic E-state index is 5.41. The first kappa shape index (κ1) is 9.10. The van der Waals surface area contributed by atoms with Crippen molar-refractivity contribution in [1.29, 1.82) is 0 Å². The quantitative estimate of drug-likeness (QED) is 0.670. The summed E-state index contributed by atoms with van der Waals surface area (Å²) in [5.74, 6) is 2.47. The van der Waals surface area contributed by atoms with E-state index >= 15 is 0 Å². The third kappa shape index (κ3) is 1.89. The molecular formula is C11H16OS. The van der Waals surface area contributed by atoms with Gasteiger partial charge < -0.3 is 4.74 Å². The average molecular weight is 196 g/mol. The number of hydrogen-bond acceptors (Lipinski definition) is 1. The topological polar surface area (TPSA) is 9.23 Å². The first-order valence-electron chi connectivity index (χ1n) is 4.68. The molecule has 0 aliphatic carbocycles. The largest absolute Gasteiger partial charge is 0.380 e. The maximum Gasteiger partial charge on any atom is 0.0545 e. The lowest BCUT2D eigenvalue weighted by atomic mass is 10.4. The second-order valence-electron chi connectivity index (χ2n) is 3.61. The predicted molar refractivity (Wildman–Crippen MR) is 58.8 cm³/mol. The monoisotopic (exact) mass is 196 g/mol. The summed E-state index contributed by atoms with van der Waals surface area (Å²) in [7, 11) is -0.544. The van der Waals surface area contributed by atoms with Gasteiger partial charge in [-0.2, -0.15) is 0 Å². The molecule has 1 fully saturated rings. The van der Waals surface area contributed by atoms with E-state index in [1.54, 1.807) is 4.90 Å². The summed E-state index contributed by atoms with van der Waals surface area (Å²) in [6.45, 7) is 1.89. The Labute approximate surface area is 81.4 Å². The van der Waals surface area contributed by atoms with Gasteiger partial charge in [-0.15, -0.1) is 0 Å². The summed E-state index contributed by atoms with van der Waals surface area (Å²) in [5, 5.41) is 0. The highest BCUT2D eigenvalue weighted by atomic mass is 32.3. The molecule has 2 heteroatoms. The lowest BCUT2D eigenvalue weighted by Gasteiger charge is -2.39. The summed E-state index contributed by atoms with van der Waals surface area (Å²) < 4.78 is 5.41. The number of hydrogen-bond donors (Lipinski definition) is 0. The third-order valence-electron chi connectivity index (χ3n) is 2.67. The van der Waals surface area contributed by atoms with Crippen molar-refractivity contribution < 1.29 is 4.74 Å². The van der Waals surface area contributed by atoms with Gasteiger partial charge in [0.1, 0.15) is 0 Å². The molecule has 1 aliphatic heterocycles. The third-order valence-corrected chi connectivity index (χ3v) is 6.21. The molecule has 0 radical (unpaired) electrons. The Bertz CT molecular complexity index is 265. The highest BCUT2D eigenvalue weighted by Crippen LogP contribution is 2.53. The highest BCUT2D eigenvalue weighted by molar-refractivity contribution is 8.33. The molecule has 0 bridgehead atoms. The summed E-state index contributed by atoms with van der Waals surface area (Å²) in [6.07, 6.45) is 2.42. The molecule has 1 nitrogen and oxygen atoms in total. The minimum absolute atomic E-state index is 0.544. The van der Waals surface area contributed by atoms with Crippen LogP contribution in [0.15, 0.2) is 35.2 Å². The molecule has 0 saturated carbocycles. The standard InChI is InChI=1S/C11H16OS/c1-13(9-7-12-8-10-13)11-5-3-2-4-6-11/h2-6H,7-10H2,1H3. The molecule has 0 unspecified atom stereocenters. The van der Waals surface area contributed by atoms with E-state index in [1.165, 1.54) is 11.5 Å². The fourth-order valence-electron chi connectivity index (χ4n) is 1.67. The van der Waals surface area contributed by atoms with Crippen LogP contribution in [0, 0.1) is 0 Å². The van der Waals surface area contributed by atoms with Gasteiger partial charge in [0, 0.05) is 11.5 Å². The Morgan fingerprint density at radius 3 is 2.31 bits per heavy atom. The van der Waals surface area contributed by atoms with Crippen LogP contribution in [0.3, 0.4) is 0 Å². The first-order valence-corrected chi connectivity index (χ1v) is 7.06. The van der Waals surface area contributed by atoms with Crippen molar-refractivity contribution >= 4 is 10.0 Å². The summed E-state index contributed by atoms with van der Waals surface area (Å²) >= 11 is 0. The van der Waals surface area contributed by atoms with Gasteiger partial charge in [-0.05, 0) is 11.2 Å². The number of benzene rings is 1. The van der Waals surface area contributed by atoms with Gasteiger partial charge in [0.15, 0.2) is 0 Å². The molecular weight excluding hydrogens is 180 g/mol. The molecule has 1 aromatic carbocycles. The molecule has 0 N–H and O–H groups in total. The zero-order valence-corrected chi connectivity index (χ0v) is 8.85. The maximum atomic E-state index is 5.41. The smallest absolute Gasteiger partial charge is 0.0545 e. The molecule has 1 saturated heterocycles. The highest BCUT2D eigenvalue weighted by Gasteiger charge is 2.23. The lowest BCUT2D eigenvalue weighted by molar-refractivity contribution is 0.159. The van der Waals surface area contributed by atoms with Crippen LogP contribution in [0.4, 0.5) is 0 Å². The molecule has 0 atom stereocenters. The van der Waals surface area contributed by atoms with E-state index in [4.69, 9.17) is 4.74 Å². The molecule has 0 amide bonds. The zero-order chi connectivity index (χ0) is 9.15. The Morgan fingerprint density at radius 2 is 1.69 bits per heavy atom. The fourth-order valence-corrected chi connectivity index (χ4v) is 4.14. The predicted octanol–water partition coefficient (Wildman–Crippen LogP) is 2.51. The average Bonchev–Trinajstić information content (AvgIpc) is 2.20. The van der Waals surface area contributed by atoms with Crippen LogP contribution in [0.5, 0.6) is 0 Å². The molecule has 72 valence electrons.